The highest BCUT2D eigenvalue weighted by Gasteiger charge is 2.18. The molecule has 40 heavy (non-hydrogen) atoms. The zero-order valence-electron chi connectivity index (χ0n) is 21.6. The number of pyridine rings is 1. The van der Waals surface area contributed by atoms with Crippen molar-refractivity contribution < 1.29 is 0 Å². The molecule has 3 heterocycles. The van der Waals surface area contributed by atoms with E-state index in [-0.39, 0.29) is 0 Å². The molecule has 9 aromatic rings. The predicted octanol–water partition coefficient (Wildman–Crippen LogP) is 9.58. The fourth-order valence-corrected chi connectivity index (χ4v) is 6.55. The minimum Gasteiger partial charge on any atom is -0.309 e. The lowest BCUT2D eigenvalue weighted by molar-refractivity contribution is 1.16. The zero-order chi connectivity index (χ0) is 26.2. The summed E-state index contributed by atoms with van der Waals surface area (Å²) in [5, 5.41) is 8.62. The Morgan fingerprint density at radius 2 is 1.10 bits per heavy atom. The van der Waals surface area contributed by atoms with Crippen LogP contribution in [0.3, 0.4) is 0 Å². The molecule has 0 saturated heterocycles. The molecule has 0 spiro atoms. The van der Waals surface area contributed by atoms with Gasteiger partial charge in [0.1, 0.15) is 0 Å². The topological polar surface area (TPSA) is 22.8 Å². The Hall–Kier alpha value is -5.41. The van der Waals surface area contributed by atoms with E-state index in [2.05, 4.69) is 137 Å². The summed E-state index contributed by atoms with van der Waals surface area (Å²) < 4.78 is 4.78. The van der Waals surface area contributed by atoms with Gasteiger partial charge in [0.25, 0.3) is 0 Å². The lowest BCUT2D eigenvalue weighted by atomic mass is 10.0. The molecule has 0 aliphatic heterocycles. The van der Waals surface area contributed by atoms with E-state index in [1.807, 2.05) is 12.3 Å². The minimum absolute atomic E-state index is 1.01. The van der Waals surface area contributed by atoms with Gasteiger partial charge in [0.2, 0.25) is 0 Å². The number of nitrogens with zero attached hydrogens (tertiary/aromatic N) is 3. The average Bonchev–Trinajstić information content (AvgIpc) is 3.53. The maximum Gasteiger partial charge on any atom is 0.0703 e. The van der Waals surface area contributed by atoms with Gasteiger partial charge in [-0.25, -0.2) is 0 Å². The van der Waals surface area contributed by atoms with Crippen LogP contribution in [-0.4, -0.2) is 14.1 Å². The number of benzene rings is 6. The van der Waals surface area contributed by atoms with Gasteiger partial charge >= 0.3 is 0 Å². The molecule has 0 aliphatic carbocycles. The van der Waals surface area contributed by atoms with Gasteiger partial charge in [0, 0.05) is 38.0 Å². The second-order valence-corrected chi connectivity index (χ2v) is 10.5. The number of hydrogen-bond acceptors (Lipinski definition) is 1. The van der Waals surface area contributed by atoms with Crippen LogP contribution in [0.25, 0.3) is 76.7 Å². The Bertz CT molecular complexity index is 2430. The van der Waals surface area contributed by atoms with Crippen molar-refractivity contribution in [2.75, 3.05) is 0 Å². The van der Waals surface area contributed by atoms with E-state index in [0.717, 1.165) is 16.6 Å². The molecule has 0 amide bonds. The standard InChI is InChI=1S/C37H23N3/c1-2-11-26(12-3-1)39-34-16-8-6-14-29(34)32-22-31-24(21-36(32)39)18-19-30-28-13-5-9-17-35(28)40(37(30)31)27-20-25-10-4-7-15-33(25)38-23-27/h1-23H. The van der Waals surface area contributed by atoms with Crippen molar-refractivity contribution >= 4 is 65.3 Å². The molecule has 3 nitrogen and oxygen atoms in total. The second-order valence-electron chi connectivity index (χ2n) is 10.5. The fraction of sp³-hybridized carbons (Fsp3) is 0. The van der Waals surface area contributed by atoms with Gasteiger partial charge in [-0.2, -0.15) is 0 Å². The average molecular weight is 510 g/mol. The van der Waals surface area contributed by atoms with Crippen LogP contribution in [0.5, 0.6) is 0 Å². The monoisotopic (exact) mass is 509 g/mol. The van der Waals surface area contributed by atoms with Crippen molar-refractivity contribution in [3.8, 4) is 11.4 Å². The molecule has 0 bridgehead atoms. The molecular weight excluding hydrogens is 486 g/mol. The Morgan fingerprint density at radius 1 is 0.400 bits per heavy atom. The number of fused-ring (bicyclic) bond motifs is 9. The number of rotatable bonds is 2. The maximum atomic E-state index is 4.83. The van der Waals surface area contributed by atoms with Gasteiger partial charge in [0.15, 0.2) is 0 Å². The summed E-state index contributed by atoms with van der Waals surface area (Å²) in [5.74, 6) is 0. The van der Waals surface area contributed by atoms with Gasteiger partial charge in [-0.15, -0.1) is 0 Å². The number of hydrogen-bond donors (Lipinski definition) is 0. The molecule has 0 aliphatic rings. The molecule has 0 N–H and O–H groups in total. The summed E-state index contributed by atoms with van der Waals surface area (Å²) in [5.41, 5.74) is 8.09. The molecule has 0 atom stereocenters. The smallest absolute Gasteiger partial charge is 0.0703 e. The van der Waals surface area contributed by atoms with Crippen molar-refractivity contribution in [1.82, 2.24) is 14.1 Å². The first-order chi connectivity index (χ1) is 19.8. The molecule has 0 fully saturated rings. The van der Waals surface area contributed by atoms with Gasteiger partial charge in [-0.3, -0.25) is 4.98 Å². The lowest BCUT2D eigenvalue weighted by Crippen LogP contribution is -1.96. The molecule has 3 heteroatoms. The molecule has 0 saturated carbocycles. The molecule has 186 valence electrons. The summed E-state index contributed by atoms with van der Waals surface area (Å²) >= 11 is 0. The van der Waals surface area contributed by atoms with E-state index < -0.39 is 0 Å². The van der Waals surface area contributed by atoms with Crippen molar-refractivity contribution in [1.29, 1.82) is 0 Å². The van der Waals surface area contributed by atoms with E-state index >= 15 is 0 Å². The van der Waals surface area contributed by atoms with Crippen molar-refractivity contribution in [3.63, 3.8) is 0 Å². The minimum atomic E-state index is 1.01. The molecule has 6 aromatic carbocycles. The predicted molar refractivity (Wildman–Crippen MR) is 168 cm³/mol. The van der Waals surface area contributed by atoms with Gasteiger partial charge in [-0.05, 0) is 53.9 Å². The number of aromatic nitrogens is 3. The van der Waals surface area contributed by atoms with Crippen LogP contribution in [0.2, 0.25) is 0 Å². The van der Waals surface area contributed by atoms with Crippen LogP contribution >= 0.6 is 0 Å². The zero-order valence-corrected chi connectivity index (χ0v) is 21.6. The second kappa shape index (κ2) is 8.05. The first-order valence-corrected chi connectivity index (χ1v) is 13.6. The van der Waals surface area contributed by atoms with Crippen molar-refractivity contribution in [2.45, 2.75) is 0 Å². The highest BCUT2D eigenvalue weighted by atomic mass is 15.0. The third-order valence-electron chi connectivity index (χ3n) is 8.29. The fourth-order valence-electron chi connectivity index (χ4n) is 6.55. The SMILES string of the molecule is c1ccc(-n2c3ccccc3c3cc4c(ccc5c6ccccc6n(-c6cnc7ccccc7c6)c45)cc32)cc1. The number of para-hydroxylation sites is 4. The summed E-state index contributed by atoms with van der Waals surface area (Å²) in [7, 11) is 0. The van der Waals surface area contributed by atoms with E-state index in [0.29, 0.717) is 0 Å². The lowest BCUT2D eigenvalue weighted by Gasteiger charge is -2.12. The summed E-state index contributed by atoms with van der Waals surface area (Å²) in [6.07, 6.45) is 2.01. The third-order valence-corrected chi connectivity index (χ3v) is 8.29. The summed E-state index contributed by atoms with van der Waals surface area (Å²) in [4.78, 5) is 4.83. The Kier molecular flexibility index (Phi) is 4.33. The maximum absolute atomic E-state index is 4.83. The normalized spacial score (nSPS) is 12.0. The largest absolute Gasteiger partial charge is 0.309 e. The Labute approximate surface area is 230 Å². The van der Waals surface area contributed by atoms with E-state index in [9.17, 15) is 0 Å². The highest BCUT2D eigenvalue weighted by Crippen LogP contribution is 2.40. The van der Waals surface area contributed by atoms with Gasteiger partial charge in [0.05, 0.1) is 39.5 Å². The van der Waals surface area contributed by atoms with Crippen LogP contribution in [0, 0.1) is 0 Å². The third kappa shape index (κ3) is 2.92. The summed E-state index contributed by atoms with van der Waals surface area (Å²) in [6.45, 7) is 0. The first-order valence-electron chi connectivity index (χ1n) is 13.6. The molecular formula is C37H23N3. The summed E-state index contributed by atoms with van der Waals surface area (Å²) in [6, 6.07) is 48.0. The van der Waals surface area contributed by atoms with Crippen molar-refractivity contribution in [3.05, 3.63) is 140 Å². The van der Waals surface area contributed by atoms with Crippen LogP contribution in [0.4, 0.5) is 0 Å². The molecule has 0 radical (unpaired) electrons. The van der Waals surface area contributed by atoms with Crippen LogP contribution in [-0.2, 0) is 0 Å². The highest BCUT2D eigenvalue weighted by molar-refractivity contribution is 6.22. The van der Waals surface area contributed by atoms with Gasteiger partial charge in [-0.1, -0.05) is 84.9 Å². The Morgan fingerprint density at radius 3 is 1.95 bits per heavy atom. The van der Waals surface area contributed by atoms with Gasteiger partial charge < -0.3 is 9.13 Å². The van der Waals surface area contributed by atoms with Crippen LogP contribution < -0.4 is 0 Å². The van der Waals surface area contributed by atoms with E-state index in [1.54, 1.807) is 0 Å². The molecule has 3 aromatic heterocycles. The Balaban J connectivity index is 1.46. The van der Waals surface area contributed by atoms with Crippen LogP contribution in [0.15, 0.2) is 140 Å². The quantitative estimate of drug-likeness (QED) is 0.227. The molecule has 0 unspecified atom stereocenters. The van der Waals surface area contributed by atoms with E-state index in [1.165, 1.54) is 60.1 Å². The van der Waals surface area contributed by atoms with E-state index in [4.69, 9.17) is 4.98 Å². The van der Waals surface area contributed by atoms with Crippen molar-refractivity contribution in [2.24, 2.45) is 0 Å². The first kappa shape index (κ1) is 21.5. The molecule has 9 rings (SSSR count). The van der Waals surface area contributed by atoms with Crippen LogP contribution in [0.1, 0.15) is 0 Å².